The van der Waals surface area contributed by atoms with E-state index < -0.39 is 11.7 Å². The van der Waals surface area contributed by atoms with E-state index in [1.54, 1.807) is 36.5 Å². The Kier molecular flexibility index (Phi) is 7.79. The predicted molar refractivity (Wildman–Crippen MR) is 155 cm³/mol. The summed E-state index contributed by atoms with van der Waals surface area (Å²) in [5, 5.41) is 9.29. The number of ether oxygens (including phenoxy) is 1. The average molecular weight is 587 g/mol. The smallest absolute Gasteiger partial charge is 0.282 e. The Bertz CT molecular complexity index is 1780. The van der Waals surface area contributed by atoms with E-state index in [0.29, 0.717) is 34.5 Å². The van der Waals surface area contributed by atoms with Gasteiger partial charge in [-0.3, -0.25) is 9.59 Å². The largest absolute Gasteiger partial charge is 0.483 e. The molecular formula is C30H24BrFN4O3. The summed E-state index contributed by atoms with van der Waals surface area (Å²) in [6.07, 6.45) is 2.90. The van der Waals surface area contributed by atoms with Gasteiger partial charge in [0, 0.05) is 16.5 Å². The molecular weight excluding hydrogens is 563 g/mol. The number of benzene rings is 4. The van der Waals surface area contributed by atoms with Crippen molar-refractivity contribution in [2.24, 2.45) is 5.10 Å². The molecule has 39 heavy (non-hydrogen) atoms. The Balaban J connectivity index is 1.52. The Labute approximate surface area is 232 Å². The van der Waals surface area contributed by atoms with Gasteiger partial charge in [-0.25, -0.2) is 9.37 Å². The van der Waals surface area contributed by atoms with Gasteiger partial charge < -0.3 is 10.1 Å². The van der Waals surface area contributed by atoms with E-state index in [2.05, 4.69) is 31.3 Å². The molecule has 196 valence electrons. The highest BCUT2D eigenvalue weighted by atomic mass is 79.9. The first-order valence-electron chi connectivity index (χ1n) is 12.4. The minimum Gasteiger partial charge on any atom is -0.483 e. The molecule has 0 radical (unpaired) electrons. The molecule has 0 fully saturated rings. The summed E-state index contributed by atoms with van der Waals surface area (Å²) in [4.78, 5) is 30.6. The van der Waals surface area contributed by atoms with Crippen LogP contribution in [0.25, 0.3) is 21.7 Å². The van der Waals surface area contributed by atoms with Crippen LogP contribution < -0.4 is 15.6 Å². The molecule has 0 atom stereocenters. The summed E-state index contributed by atoms with van der Waals surface area (Å²) in [6, 6.07) is 22.6. The summed E-state index contributed by atoms with van der Waals surface area (Å²) >= 11 is 3.42. The highest BCUT2D eigenvalue weighted by Gasteiger charge is 2.14. The van der Waals surface area contributed by atoms with Gasteiger partial charge in [0.1, 0.15) is 17.4 Å². The molecule has 5 rings (SSSR count). The maximum absolute atomic E-state index is 13.9. The van der Waals surface area contributed by atoms with E-state index in [9.17, 15) is 14.0 Å². The van der Waals surface area contributed by atoms with Crippen molar-refractivity contribution in [1.82, 2.24) is 9.66 Å². The fourth-order valence-corrected chi connectivity index (χ4v) is 4.60. The molecule has 7 nitrogen and oxygen atoms in total. The second-order valence-electron chi connectivity index (χ2n) is 8.82. The molecule has 0 saturated carbocycles. The first kappa shape index (κ1) is 26.2. The lowest BCUT2D eigenvalue weighted by atomic mass is 10.0. The molecule has 0 bridgehead atoms. The number of rotatable bonds is 8. The van der Waals surface area contributed by atoms with Crippen LogP contribution >= 0.6 is 15.9 Å². The molecule has 0 saturated heterocycles. The topological polar surface area (TPSA) is 85.6 Å². The first-order chi connectivity index (χ1) is 18.9. The van der Waals surface area contributed by atoms with Crippen LogP contribution in [-0.2, 0) is 11.2 Å². The van der Waals surface area contributed by atoms with Gasteiger partial charge in [-0.05, 0) is 53.6 Å². The van der Waals surface area contributed by atoms with Crippen LogP contribution in [0.15, 0.2) is 93.2 Å². The van der Waals surface area contributed by atoms with Gasteiger partial charge in [-0.1, -0.05) is 65.3 Å². The molecule has 4 aromatic carbocycles. The third-order valence-corrected chi connectivity index (χ3v) is 6.58. The van der Waals surface area contributed by atoms with Crippen molar-refractivity contribution >= 4 is 55.4 Å². The van der Waals surface area contributed by atoms with Gasteiger partial charge >= 0.3 is 0 Å². The van der Waals surface area contributed by atoms with Gasteiger partial charge in [0.2, 0.25) is 0 Å². The Morgan fingerprint density at radius 2 is 1.87 bits per heavy atom. The van der Waals surface area contributed by atoms with Crippen LogP contribution in [0, 0.1) is 5.82 Å². The molecule has 5 aromatic rings. The van der Waals surface area contributed by atoms with Crippen molar-refractivity contribution in [3.63, 3.8) is 0 Å². The van der Waals surface area contributed by atoms with Crippen molar-refractivity contribution in [3.05, 3.63) is 111 Å². The van der Waals surface area contributed by atoms with E-state index in [0.717, 1.165) is 21.7 Å². The summed E-state index contributed by atoms with van der Waals surface area (Å²) < 4.78 is 21.9. The SMILES string of the molecule is CCCc1nc2ccc(Br)cc2c(=O)n1N=Cc1c(OCC(=O)Nc2ccccc2F)ccc2ccccc12. The third kappa shape index (κ3) is 5.73. The summed E-state index contributed by atoms with van der Waals surface area (Å²) in [6.45, 7) is 1.66. The molecule has 0 aliphatic rings. The van der Waals surface area contributed by atoms with Crippen LogP contribution in [0.4, 0.5) is 10.1 Å². The van der Waals surface area contributed by atoms with Gasteiger partial charge in [-0.15, -0.1) is 0 Å². The van der Waals surface area contributed by atoms with Gasteiger partial charge in [0.15, 0.2) is 6.61 Å². The number of halogens is 2. The third-order valence-electron chi connectivity index (χ3n) is 6.09. The summed E-state index contributed by atoms with van der Waals surface area (Å²) in [5.74, 6) is -0.112. The van der Waals surface area contributed by atoms with E-state index >= 15 is 0 Å². The standard InChI is InChI=1S/C30H24BrFN4O3/c1-2-7-28-34-25-14-13-20(31)16-22(25)30(38)36(28)33-17-23-21-9-4-3-8-19(21)12-15-27(23)39-18-29(37)35-26-11-6-5-10-24(26)32/h3-6,8-17H,2,7,18H2,1H3,(H,35,37). The zero-order valence-corrected chi connectivity index (χ0v) is 22.6. The minimum atomic E-state index is -0.534. The fraction of sp³-hybridized carbons (Fsp3) is 0.133. The predicted octanol–water partition coefficient (Wildman–Crippen LogP) is 6.30. The number of amides is 1. The Hall–Kier alpha value is -4.37. The zero-order valence-electron chi connectivity index (χ0n) is 21.0. The Morgan fingerprint density at radius 1 is 1.08 bits per heavy atom. The highest BCUT2D eigenvalue weighted by Crippen LogP contribution is 2.27. The lowest BCUT2D eigenvalue weighted by Crippen LogP contribution is -2.23. The minimum absolute atomic E-state index is 0.0738. The molecule has 0 aliphatic heterocycles. The van der Waals surface area contributed by atoms with Crippen LogP contribution in [0.2, 0.25) is 0 Å². The average Bonchev–Trinajstić information content (AvgIpc) is 2.94. The van der Waals surface area contributed by atoms with Crippen molar-refractivity contribution < 1.29 is 13.9 Å². The highest BCUT2D eigenvalue weighted by molar-refractivity contribution is 9.10. The number of anilines is 1. The number of hydrogen-bond donors (Lipinski definition) is 1. The second-order valence-corrected chi connectivity index (χ2v) is 9.73. The number of carbonyl (C=O) groups is 1. The van der Waals surface area contributed by atoms with E-state index in [1.807, 2.05) is 43.3 Å². The van der Waals surface area contributed by atoms with Gasteiger partial charge in [-0.2, -0.15) is 9.78 Å². The first-order valence-corrected chi connectivity index (χ1v) is 13.2. The molecule has 1 N–H and O–H groups in total. The number of aryl methyl sites for hydroxylation is 1. The van der Waals surface area contributed by atoms with Crippen molar-refractivity contribution in [2.75, 3.05) is 11.9 Å². The molecule has 1 aromatic heterocycles. The molecule has 1 heterocycles. The zero-order chi connectivity index (χ0) is 27.4. The summed E-state index contributed by atoms with van der Waals surface area (Å²) in [5.41, 5.74) is 0.987. The molecule has 0 unspecified atom stereocenters. The monoisotopic (exact) mass is 586 g/mol. The number of carbonyl (C=O) groups excluding carboxylic acids is 1. The normalized spacial score (nSPS) is 11.4. The lowest BCUT2D eigenvalue weighted by molar-refractivity contribution is -0.118. The molecule has 0 aliphatic carbocycles. The van der Waals surface area contributed by atoms with Crippen molar-refractivity contribution in [3.8, 4) is 5.75 Å². The number of para-hydroxylation sites is 1. The second kappa shape index (κ2) is 11.6. The number of hydrogen-bond acceptors (Lipinski definition) is 5. The van der Waals surface area contributed by atoms with Crippen LogP contribution in [-0.4, -0.2) is 28.4 Å². The number of nitrogens with zero attached hydrogens (tertiary/aromatic N) is 3. The fourth-order valence-electron chi connectivity index (χ4n) is 4.24. The number of fused-ring (bicyclic) bond motifs is 2. The van der Waals surface area contributed by atoms with Crippen LogP contribution in [0.1, 0.15) is 24.7 Å². The van der Waals surface area contributed by atoms with Gasteiger partial charge in [0.05, 0.1) is 22.8 Å². The van der Waals surface area contributed by atoms with E-state index in [4.69, 9.17) is 4.74 Å². The maximum atomic E-state index is 13.9. The van der Waals surface area contributed by atoms with Crippen LogP contribution in [0.5, 0.6) is 5.75 Å². The van der Waals surface area contributed by atoms with Crippen molar-refractivity contribution in [1.29, 1.82) is 0 Å². The lowest BCUT2D eigenvalue weighted by Gasteiger charge is -2.13. The molecule has 0 spiro atoms. The van der Waals surface area contributed by atoms with E-state index in [1.165, 1.54) is 16.8 Å². The van der Waals surface area contributed by atoms with Crippen molar-refractivity contribution in [2.45, 2.75) is 19.8 Å². The number of nitrogens with one attached hydrogen (secondary N) is 1. The quantitative estimate of drug-likeness (QED) is 0.216. The Morgan fingerprint density at radius 3 is 2.69 bits per heavy atom. The van der Waals surface area contributed by atoms with Crippen LogP contribution in [0.3, 0.4) is 0 Å². The molecule has 9 heteroatoms. The molecule has 1 amide bonds. The maximum Gasteiger partial charge on any atom is 0.282 e. The van der Waals surface area contributed by atoms with Gasteiger partial charge in [0.25, 0.3) is 11.5 Å². The number of aromatic nitrogens is 2. The summed E-state index contributed by atoms with van der Waals surface area (Å²) in [7, 11) is 0. The van der Waals surface area contributed by atoms with E-state index in [-0.39, 0.29) is 17.9 Å².